The number of hydrogen-bond donors (Lipinski definition) is 1. The van der Waals surface area contributed by atoms with Gasteiger partial charge in [0.1, 0.15) is 5.60 Å². The second-order valence-electron chi connectivity index (χ2n) is 7.23. The molecule has 1 N–H and O–H groups in total. The SMILES string of the molecule is CCOC1(c2noc(CNC(C)(C)C)n2)CCC(C)CC1. The van der Waals surface area contributed by atoms with Gasteiger partial charge in [-0.05, 0) is 59.3 Å². The molecular weight excluding hydrogens is 266 g/mol. The molecule has 1 heterocycles. The molecule has 0 bridgehead atoms. The van der Waals surface area contributed by atoms with Gasteiger partial charge in [0.05, 0.1) is 6.54 Å². The fourth-order valence-corrected chi connectivity index (χ4v) is 2.79. The predicted octanol–water partition coefficient (Wildman–Crippen LogP) is 3.40. The summed E-state index contributed by atoms with van der Waals surface area (Å²) in [5.41, 5.74) is -0.308. The molecule has 120 valence electrons. The lowest BCUT2D eigenvalue weighted by molar-refractivity contribution is -0.0847. The van der Waals surface area contributed by atoms with Crippen molar-refractivity contribution in [3.8, 4) is 0 Å². The molecule has 5 heteroatoms. The van der Waals surface area contributed by atoms with E-state index < -0.39 is 0 Å². The Bertz CT molecular complexity index is 443. The normalized spacial score (nSPS) is 27.0. The van der Waals surface area contributed by atoms with E-state index in [0.29, 0.717) is 19.0 Å². The Balaban J connectivity index is 2.09. The molecule has 1 aliphatic carbocycles. The van der Waals surface area contributed by atoms with Gasteiger partial charge in [-0.25, -0.2) is 0 Å². The van der Waals surface area contributed by atoms with Crippen molar-refractivity contribution in [2.45, 2.75) is 78.0 Å². The lowest BCUT2D eigenvalue weighted by Gasteiger charge is -2.36. The first kappa shape index (κ1) is 16.4. The Kier molecular flexibility index (Phi) is 5.04. The van der Waals surface area contributed by atoms with Crippen LogP contribution in [0.4, 0.5) is 0 Å². The van der Waals surface area contributed by atoms with Crippen molar-refractivity contribution < 1.29 is 9.26 Å². The molecule has 0 spiro atoms. The zero-order valence-corrected chi connectivity index (χ0v) is 14.0. The number of ether oxygens (including phenoxy) is 1. The highest BCUT2D eigenvalue weighted by Gasteiger charge is 2.40. The number of nitrogens with zero attached hydrogens (tertiary/aromatic N) is 2. The number of nitrogens with one attached hydrogen (secondary N) is 1. The van der Waals surface area contributed by atoms with Crippen LogP contribution in [0.2, 0.25) is 0 Å². The first-order chi connectivity index (χ1) is 9.85. The van der Waals surface area contributed by atoms with Gasteiger partial charge in [-0.1, -0.05) is 12.1 Å². The Morgan fingerprint density at radius 3 is 2.57 bits per heavy atom. The van der Waals surface area contributed by atoms with E-state index in [1.165, 1.54) is 0 Å². The van der Waals surface area contributed by atoms with Crippen LogP contribution in [0.5, 0.6) is 0 Å². The summed E-state index contributed by atoms with van der Waals surface area (Å²) in [5, 5.41) is 7.57. The van der Waals surface area contributed by atoms with Crippen molar-refractivity contribution in [3.05, 3.63) is 11.7 Å². The molecule has 1 aromatic rings. The van der Waals surface area contributed by atoms with Gasteiger partial charge < -0.3 is 14.6 Å². The van der Waals surface area contributed by atoms with Crippen molar-refractivity contribution >= 4 is 0 Å². The quantitative estimate of drug-likeness (QED) is 0.902. The van der Waals surface area contributed by atoms with E-state index >= 15 is 0 Å². The monoisotopic (exact) mass is 295 g/mol. The number of hydrogen-bond acceptors (Lipinski definition) is 5. The number of rotatable bonds is 5. The first-order valence-corrected chi connectivity index (χ1v) is 8.07. The van der Waals surface area contributed by atoms with Gasteiger partial charge in [0.2, 0.25) is 11.7 Å². The van der Waals surface area contributed by atoms with Crippen LogP contribution in [0.3, 0.4) is 0 Å². The van der Waals surface area contributed by atoms with E-state index in [0.717, 1.165) is 37.4 Å². The molecule has 0 unspecified atom stereocenters. The average molecular weight is 295 g/mol. The highest BCUT2D eigenvalue weighted by atomic mass is 16.5. The van der Waals surface area contributed by atoms with Gasteiger partial charge in [-0.2, -0.15) is 4.98 Å². The van der Waals surface area contributed by atoms with E-state index in [9.17, 15) is 0 Å². The summed E-state index contributed by atoms with van der Waals surface area (Å²) in [4.78, 5) is 4.59. The molecule has 2 rings (SSSR count). The summed E-state index contributed by atoms with van der Waals surface area (Å²) in [6.45, 7) is 12.0. The Morgan fingerprint density at radius 1 is 1.33 bits per heavy atom. The third-order valence-corrected chi connectivity index (χ3v) is 4.15. The van der Waals surface area contributed by atoms with Crippen LogP contribution in [-0.2, 0) is 16.9 Å². The molecule has 0 aliphatic heterocycles. The molecule has 0 radical (unpaired) electrons. The Morgan fingerprint density at radius 2 is 2.00 bits per heavy atom. The average Bonchev–Trinajstić information content (AvgIpc) is 2.88. The smallest absolute Gasteiger partial charge is 0.240 e. The van der Waals surface area contributed by atoms with E-state index in [1.54, 1.807) is 0 Å². The molecule has 1 aromatic heterocycles. The molecule has 0 amide bonds. The van der Waals surface area contributed by atoms with Crippen LogP contribution >= 0.6 is 0 Å². The van der Waals surface area contributed by atoms with Crippen molar-refractivity contribution in [2.75, 3.05) is 6.61 Å². The van der Waals surface area contributed by atoms with Crippen LogP contribution < -0.4 is 5.32 Å². The molecule has 21 heavy (non-hydrogen) atoms. The van der Waals surface area contributed by atoms with Gasteiger partial charge >= 0.3 is 0 Å². The summed E-state index contributed by atoms with van der Waals surface area (Å²) >= 11 is 0. The third kappa shape index (κ3) is 4.27. The van der Waals surface area contributed by atoms with Crippen molar-refractivity contribution in [2.24, 2.45) is 5.92 Å². The van der Waals surface area contributed by atoms with Crippen LogP contribution in [-0.4, -0.2) is 22.3 Å². The molecule has 0 aromatic carbocycles. The summed E-state index contributed by atoms with van der Waals surface area (Å²) in [6.07, 6.45) is 4.27. The zero-order valence-electron chi connectivity index (χ0n) is 14.0. The second kappa shape index (κ2) is 6.44. The summed E-state index contributed by atoms with van der Waals surface area (Å²) in [5.74, 6) is 2.12. The van der Waals surface area contributed by atoms with Crippen molar-refractivity contribution in [3.63, 3.8) is 0 Å². The standard InChI is InChI=1S/C16H29N3O2/c1-6-20-16(9-7-12(2)8-10-16)14-18-13(21-19-14)11-17-15(3,4)5/h12,17H,6-11H2,1-5H3. The third-order valence-electron chi connectivity index (χ3n) is 4.15. The van der Waals surface area contributed by atoms with Crippen LogP contribution in [0.25, 0.3) is 0 Å². The number of aromatic nitrogens is 2. The topological polar surface area (TPSA) is 60.2 Å². The van der Waals surface area contributed by atoms with Gasteiger partial charge in [0.25, 0.3) is 0 Å². The highest BCUT2D eigenvalue weighted by molar-refractivity contribution is 5.04. The Hall–Kier alpha value is -0.940. The minimum absolute atomic E-state index is 0.0342. The summed E-state index contributed by atoms with van der Waals surface area (Å²) in [7, 11) is 0. The predicted molar refractivity (Wildman–Crippen MR) is 81.8 cm³/mol. The lowest BCUT2D eigenvalue weighted by Crippen LogP contribution is -2.36. The molecule has 0 saturated heterocycles. The summed E-state index contributed by atoms with van der Waals surface area (Å²) < 4.78 is 11.5. The molecular formula is C16H29N3O2. The van der Waals surface area contributed by atoms with E-state index in [1.807, 2.05) is 6.92 Å². The lowest BCUT2D eigenvalue weighted by atomic mass is 9.79. The first-order valence-electron chi connectivity index (χ1n) is 8.07. The molecule has 0 atom stereocenters. The molecule has 5 nitrogen and oxygen atoms in total. The van der Waals surface area contributed by atoms with Gasteiger partial charge in [-0.3, -0.25) is 0 Å². The van der Waals surface area contributed by atoms with E-state index in [4.69, 9.17) is 9.26 Å². The maximum atomic E-state index is 6.06. The summed E-state index contributed by atoms with van der Waals surface area (Å²) in [6, 6.07) is 0. The maximum Gasteiger partial charge on any atom is 0.240 e. The van der Waals surface area contributed by atoms with Crippen LogP contribution in [0.1, 0.15) is 72.0 Å². The molecule has 1 fully saturated rings. The minimum atomic E-state index is -0.343. The van der Waals surface area contributed by atoms with Crippen molar-refractivity contribution in [1.29, 1.82) is 0 Å². The van der Waals surface area contributed by atoms with Crippen molar-refractivity contribution in [1.82, 2.24) is 15.5 Å². The van der Waals surface area contributed by atoms with Gasteiger partial charge in [0.15, 0.2) is 0 Å². The fourth-order valence-electron chi connectivity index (χ4n) is 2.79. The van der Waals surface area contributed by atoms with Gasteiger partial charge in [0, 0.05) is 12.1 Å². The second-order valence-corrected chi connectivity index (χ2v) is 7.23. The zero-order chi connectivity index (χ0) is 15.5. The fraction of sp³-hybridized carbons (Fsp3) is 0.875. The Labute approximate surface area is 127 Å². The maximum absolute atomic E-state index is 6.06. The highest BCUT2D eigenvalue weighted by Crippen LogP contribution is 2.41. The van der Waals surface area contributed by atoms with E-state index in [-0.39, 0.29) is 11.1 Å². The van der Waals surface area contributed by atoms with Gasteiger partial charge in [-0.15, -0.1) is 0 Å². The molecule has 1 saturated carbocycles. The van der Waals surface area contributed by atoms with Crippen LogP contribution in [0.15, 0.2) is 4.52 Å². The minimum Gasteiger partial charge on any atom is -0.367 e. The largest absolute Gasteiger partial charge is 0.367 e. The van der Waals surface area contributed by atoms with Crippen LogP contribution in [0, 0.1) is 5.92 Å². The molecule has 1 aliphatic rings. The van der Waals surface area contributed by atoms with E-state index in [2.05, 4.69) is 43.2 Å².